The van der Waals surface area contributed by atoms with Crippen LogP contribution in [0.15, 0.2) is 0 Å². The van der Waals surface area contributed by atoms with Crippen LogP contribution < -0.4 is 0 Å². The molecule has 2 heterocycles. The van der Waals surface area contributed by atoms with Gasteiger partial charge in [-0.25, -0.2) is 4.79 Å². The molecule has 0 aliphatic carbocycles. The van der Waals surface area contributed by atoms with Gasteiger partial charge in [0.15, 0.2) is 0 Å². The Hall–Kier alpha value is -1.34. The van der Waals surface area contributed by atoms with Crippen LogP contribution in [0.3, 0.4) is 0 Å². The third kappa shape index (κ3) is 2.66. The number of carbonyl (C=O) groups excluding carboxylic acids is 1. The van der Waals surface area contributed by atoms with Crippen LogP contribution in [0.4, 0.5) is 4.79 Å². The van der Waals surface area contributed by atoms with Gasteiger partial charge in [0, 0.05) is 13.1 Å². The van der Waals surface area contributed by atoms with E-state index in [1.54, 1.807) is 11.8 Å². The fourth-order valence-electron chi connectivity index (χ4n) is 2.53. The second kappa shape index (κ2) is 4.97. The van der Waals surface area contributed by atoms with Crippen LogP contribution in [0, 0.1) is 5.41 Å². The summed E-state index contributed by atoms with van der Waals surface area (Å²) in [6.45, 7) is 2.74. The quantitative estimate of drug-likeness (QED) is 0.587. The Morgan fingerprint density at radius 1 is 1.05 bits per heavy atom. The number of carboxylic acid groups (broad SMARTS) is 1. The Morgan fingerprint density at radius 2 is 1.53 bits per heavy atom. The molecule has 2 aliphatic rings. The SMILES string of the molecule is CC1(C(=O)O)CCN(C(=O)N2CC(O)C(O)C2)CC1. The summed E-state index contributed by atoms with van der Waals surface area (Å²) in [6.07, 6.45) is -0.934. The van der Waals surface area contributed by atoms with Crippen molar-refractivity contribution in [1.82, 2.24) is 9.80 Å². The lowest BCUT2D eigenvalue weighted by molar-refractivity contribution is -0.150. The van der Waals surface area contributed by atoms with Gasteiger partial charge in [-0.3, -0.25) is 4.79 Å². The topological polar surface area (TPSA) is 101 Å². The minimum atomic E-state index is -0.891. The first kappa shape index (κ1) is 14.1. The fraction of sp³-hybridized carbons (Fsp3) is 0.833. The van der Waals surface area contributed by atoms with Gasteiger partial charge in [0.2, 0.25) is 0 Å². The lowest BCUT2D eigenvalue weighted by Gasteiger charge is -2.38. The molecule has 2 unspecified atom stereocenters. The average Bonchev–Trinajstić information content (AvgIpc) is 2.69. The number of aliphatic hydroxyl groups excluding tert-OH is 2. The lowest BCUT2D eigenvalue weighted by atomic mass is 9.80. The second-order valence-electron chi connectivity index (χ2n) is 5.68. The monoisotopic (exact) mass is 272 g/mol. The zero-order valence-electron chi connectivity index (χ0n) is 10.9. The average molecular weight is 272 g/mol. The maximum atomic E-state index is 12.2. The minimum Gasteiger partial charge on any atom is -0.481 e. The number of rotatable bonds is 1. The van der Waals surface area contributed by atoms with Crippen molar-refractivity contribution in [3.63, 3.8) is 0 Å². The van der Waals surface area contributed by atoms with Crippen molar-refractivity contribution in [3.05, 3.63) is 0 Å². The molecule has 7 heteroatoms. The largest absolute Gasteiger partial charge is 0.481 e. The number of aliphatic carboxylic acids is 1. The van der Waals surface area contributed by atoms with Crippen molar-refractivity contribution in [2.24, 2.45) is 5.41 Å². The minimum absolute atomic E-state index is 0.132. The molecule has 0 radical (unpaired) electrons. The summed E-state index contributed by atoms with van der Waals surface area (Å²) in [5.41, 5.74) is -0.763. The number of carbonyl (C=O) groups is 2. The summed E-state index contributed by atoms with van der Waals surface area (Å²) in [6, 6.07) is -0.233. The van der Waals surface area contributed by atoms with Crippen molar-refractivity contribution in [1.29, 1.82) is 0 Å². The molecule has 19 heavy (non-hydrogen) atoms. The number of amides is 2. The predicted molar refractivity (Wildman–Crippen MR) is 65.5 cm³/mol. The highest BCUT2D eigenvalue weighted by Crippen LogP contribution is 2.31. The first-order valence-electron chi connectivity index (χ1n) is 6.47. The summed E-state index contributed by atoms with van der Waals surface area (Å²) in [5.74, 6) is -0.827. The standard InChI is InChI=1S/C12H20N2O5/c1-12(10(17)18)2-4-13(5-3-12)11(19)14-6-8(15)9(16)7-14/h8-9,15-16H,2-7H2,1H3,(H,17,18). The molecular formula is C12H20N2O5. The number of likely N-dealkylation sites (tertiary alicyclic amines) is 2. The van der Waals surface area contributed by atoms with E-state index in [4.69, 9.17) is 5.11 Å². The number of β-amino-alcohol motifs (C(OH)–C–C–N with tert-alkyl or cyclic N) is 2. The van der Waals surface area contributed by atoms with Gasteiger partial charge in [-0.2, -0.15) is 0 Å². The third-order valence-corrected chi connectivity index (χ3v) is 4.18. The van der Waals surface area contributed by atoms with Crippen LogP contribution in [0.1, 0.15) is 19.8 Å². The van der Waals surface area contributed by atoms with Crippen molar-refractivity contribution < 1.29 is 24.9 Å². The van der Waals surface area contributed by atoms with Crippen LogP contribution in [0.2, 0.25) is 0 Å². The van der Waals surface area contributed by atoms with E-state index in [1.807, 2.05) is 0 Å². The summed E-state index contributed by atoms with van der Waals surface area (Å²) >= 11 is 0. The van der Waals surface area contributed by atoms with E-state index in [9.17, 15) is 19.8 Å². The van der Waals surface area contributed by atoms with E-state index < -0.39 is 23.6 Å². The molecule has 2 atom stereocenters. The van der Waals surface area contributed by atoms with E-state index >= 15 is 0 Å². The number of hydrogen-bond donors (Lipinski definition) is 3. The molecule has 2 fully saturated rings. The highest BCUT2D eigenvalue weighted by Gasteiger charge is 2.40. The first-order valence-corrected chi connectivity index (χ1v) is 6.47. The summed E-state index contributed by atoms with van der Waals surface area (Å²) in [7, 11) is 0. The zero-order chi connectivity index (χ0) is 14.2. The van der Waals surface area contributed by atoms with Gasteiger partial charge < -0.3 is 25.1 Å². The normalized spacial score (nSPS) is 30.5. The molecular weight excluding hydrogens is 252 g/mol. The number of carboxylic acids is 1. The van der Waals surface area contributed by atoms with Gasteiger partial charge in [-0.15, -0.1) is 0 Å². The molecule has 2 aliphatic heterocycles. The molecule has 0 saturated carbocycles. The summed E-state index contributed by atoms with van der Waals surface area (Å²) in [4.78, 5) is 26.3. The van der Waals surface area contributed by atoms with Gasteiger partial charge in [0.05, 0.1) is 30.7 Å². The van der Waals surface area contributed by atoms with Crippen molar-refractivity contribution >= 4 is 12.0 Å². The van der Waals surface area contributed by atoms with Crippen LogP contribution in [-0.4, -0.2) is 75.5 Å². The Balaban J connectivity index is 1.91. The van der Waals surface area contributed by atoms with Gasteiger partial charge in [0.25, 0.3) is 0 Å². The molecule has 0 aromatic rings. The van der Waals surface area contributed by atoms with Crippen molar-refractivity contribution in [2.45, 2.75) is 32.0 Å². The van der Waals surface area contributed by atoms with Crippen molar-refractivity contribution in [2.75, 3.05) is 26.2 Å². The third-order valence-electron chi connectivity index (χ3n) is 4.18. The second-order valence-corrected chi connectivity index (χ2v) is 5.68. The molecule has 7 nitrogen and oxygen atoms in total. The van der Waals surface area contributed by atoms with E-state index in [2.05, 4.69) is 0 Å². The van der Waals surface area contributed by atoms with Gasteiger partial charge in [0.1, 0.15) is 0 Å². The Labute approximate surface area is 111 Å². The van der Waals surface area contributed by atoms with Gasteiger partial charge >= 0.3 is 12.0 Å². The van der Waals surface area contributed by atoms with Gasteiger partial charge in [-0.1, -0.05) is 0 Å². The molecule has 2 rings (SSSR count). The number of aliphatic hydroxyl groups is 2. The molecule has 0 aromatic heterocycles. The van der Waals surface area contributed by atoms with Crippen molar-refractivity contribution in [3.8, 4) is 0 Å². The van der Waals surface area contributed by atoms with E-state index in [0.29, 0.717) is 25.9 Å². The smallest absolute Gasteiger partial charge is 0.320 e. The maximum absolute atomic E-state index is 12.2. The molecule has 3 N–H and O–H groups in total. The molecule has 108 valence electrons. The number of piperidine rings is 1. The van der Waals surface area contributed by atoms with Crippen LogP contribution in [0.5, 0.6) is 0 Å². The fourth-order valence-corrected chi connectivity index (χ4v) is 2.53. The summed E-state index contributed by atoms with van der Waals surface area (Å²) < 4.78 is 0. The van der Waals surface area contributed by atoms with E-state index in [1.165, 1.54) is 4.90 Å². The number of urea groups is 1. The Morgan fingerprint density at radius 3 is 1.95 bits per heavy atom. The number of hydrogen-bond acceptors (Lipinski definition) is 4. The van der Waals surface area contributed by atoms with E-state index in [0.717, 1.165) is 0 Å². The van der Waals surface area contributed by atoms with Gasteiger partial charge in [-0.05, 0) is 19.8 Å². The van der Waals surface area contributed by atoms with E-state index in [-0.39, 0.29) is 19.1 Å². The maximum Gasteiger partial charge on any atom is 0.320 e. The molecule has 2 amide bonds. The molecule has 2 saturated heterocycles. The first-order chi connectivity index (χ1) is 8.83. The molecule has 0 bridgehead atoms. The Kier molecular flexibility index (Phi) is 3.69. The highest BCUT2D eigenvalue weighted by molar-refractivity contribution is 5.77. The predicted octanol–water partition coefficient (Wildman–Crippen LogP) is -0.669. The Bertz CT molecular complexity index is 368. The molecule has 0 aromatic carbocycles. The van der Waals surface area contributed by atoms with Crippen LogP contribution in [0.25, 0.3) is 0 Å². The lowest BCUT2D eigenvalue weighted by Crippen LogP contribution is -2.49. The number of nitrogens with zero attached hydrogens (tertiary/aromatic N) is 2. The van der Waals surface area contributed by atoms with Crippen LogP contribution in [-0.2, 0) is 4.79 Å². The summed E-state index contributed by atoms with van der Waals surface area (Å²) in [5, 5.41) is 28.0. The van der Waals surface area contributed by atoms with Crippen LogP contribution >= 0.6 is 0 Å². The zero-order valence-corrected chi connectivity index (χ0v) is 10.9. The molecule has 0 spiro atoms. The highest BCUT2D eigenvalue weighted by atomic mass is 16.4.